The first-order valence-corrected chi connectivity index (χ1v) is 5.68. The second-order valence-corrected chi connectivity index (χ2v) is 4.53. The number of hydrogen-bond donors (Lipinski definition) is 0. The Balaban J connectivity index is 2.10. The van der Waals surface area contributed by atoms with Gasteiger partial charge in [-0.15, -0.1) is 22.2 Å². The molecule has 0 saturated heterocycles. The fourth-order valence-corrected chi connectivity index (χ4v) is 1.94. The molecule has 0 spiro atoms. The minimum absolute atomic E-state index is 0.00560. The van der Waals surface area contributed by atoms with Gasteiger partial charge in [0.25, 0.3) is 0 Å². The molecule has 0 atom stereocenters. The molecule has 11 heteroatoms. The lowest BCUT2D eigenvalue weighted by Crippen LogP contribution is -2.39. The molecule has 0 radical (unpaired) electrons. The third-order valence-electron chi connectivity index (χ3n) is 2.98. The number of fused-ring (bicyclic) bond motifs is 1. The molecule has 0 aliphatic carbocycles. The predicted octanol–water partition coefficient (Wildman–Crippen LogP) is 2.06. The first-order valence-electron chi connectivity index (χ1n) is 5.68. The molecule has 0 aromatic carbocycles. The van der Waals surface area contributed by atoms with Gasteiger partial charge in [-0.3, -0.25) is 4.90 Å². The first kappa shape index (κ1) is 14.9. The Morgan fingerprint density at radius 3 is 2.40 bits per heavy atom. The van der Waals surface area contributed by atoms with Crippen molar-refractivity contribution in [2.75, 3.05) is 13.1 Å². The fraction of sp³-hybridized carbons (Fsp3) is 0.556. The van der Waals surface area contributed by atoms with E-state index in [2.05, 4.69) is 16.8 Å². The van der Waals surface area contributed by atoms with Crippen molar-refractivity contribution in [1.82, 2.24) is 19.7 Å². The zero-order chi connectivity index (χ0) is 15.1. The van der Waals surface area contributed by atoms with Crippen LogP contribution in [-0.4, -0.2) is 39.7 Å². The summed E-state index contributed by atoms with van der Waals surface area (Å²) in [5.74, 6) is -1.11. The number of rotatable bonds is 3. The van der Waals surface area contributed by atoms with Crippen molar-refractivity contribution in [3.63, 3.8) is 0 Å². The molecule has 4 nitrogen and oxygen atoms in total. The summed E-state index contributed by atoms with van der Waals surface area (Å²) in [7, 11) is 0. The van der Waals surface area contributed by atoms with Crippen LogP contribution in [0.1, 0.15) is 11.6 Å². The molecule has 0 unspecified atom stereocenters. The van der Waals surface area contributed by atoms with Gasteiger partial charge in [-0.25, -0.2) is 0 Å². The molecule has 0 N–H and O–H groups in total. The van der Waals surface area contributed by atoms with Crippen LogP contribution in [0, 0.1) is 0 Å². The van der Waals surface area contributed by atoms with Crippen molar-refractivity contribution in [2.45, 2.75) is 19.3 Å². The maximum atomic E-state index is 12.6. The first-order chi connectivity index (χ1) is 9.09. The van der Waals surface area contributed by atoms with Crippen LogP contribution in [0.25, 0.3) is 0 Å². The van der Waals surface area contributed by atoms with Crippen LogP contribution < -0.4 is 0 Å². The third kappa shape index (κ3) is 2.97. The Labute approximate surface area is 110 Å². The van der Waals surface area contributed by atoms with Gasteiger partial charge in [-0.05, 0) is 6.54 Å². The molecule has 1 aliphatic heterocycles. The Kier molecular flexibility index (Phi) is 3.57. The van der Waals surface area contributed by atoms with E-state index in [1.807, 2.05) is 0 Å². The predicted molar refractivity (Wildman–Crippen MR) is 58.5 cm³/mol. The van der Waals surface area contributed by atoms with E-state index in [9.17, 15) is 26.1 Å². The summed E-state index contributed by atoms with van der Waals surface area (Å²) in [6.07, 6.45) is -4.62. The van der Waals surface area contributed by atoms with Crippen molar-refractivity contribution >= 4 is 6.98 Å². The van der Waals surface area contributed by atoms with Crippen molar-refractivity contribution in [2.24, 2.45) is 0 Å². The maximum Gasteiger partial charge on any atom is 0.506 e. The molecule has 0 amide bonds. The van der Waals surface area contributed by atoms with Crippen molar-refractivity contribution in [3.8, 4) is 0 Å². The summed E-state index contributed by atoms with van der Waals surface area (Å²) in [5, 5.41) is 6.44. The molecular formula is C9H10BF6N4-. The van der Waals surface area contributed by atoms with Crippen LogP contribution in [0.3, 0.4) is 0 Å². The Morgan fingerprint density at radius 1 is 1.20 bits per heavy atom. The minimum atomic E-state index is -5.15. The van der Waals surface area contributed by atoms with Gasteiger partial charge in [-0.2, -0.15) is 13.2 Å². The monoisotopic (exact) mass is 299 g/mol. The van der Waals surface area contributed by atoms with Crippen molar-refractivity contribution in [3.05, 3.63) is 23.7 Å². The summed E-state index contributed by atoms with van der Waals surface area (Å²) in [5.41, 5.74) is -0.881. The molecule has 0 saturated carbocycles. The second kappa shape index (κ2) is 4.79. The molecular weight excluding hydrogens is 289 g/mol. The SMILES string of the molecule is C=C(CN1CCn2c(nnc2C(F)(F)F)C1)[B-](F)(F)F. The lowest BCUT2D eigenvalue weighted by atomic mass is 9.80. The number of alkyl halides is 3. The molecule has 2 heterocycles. The average Bonchev–Trinajstić information content (AvgIpc) is 2.70. The lowest BCUT2D eigenvalue weighted by Gasteiger charge is -2.31. The highest BCUT2D eigenvalue weighted by Gasteiger charge is 2.39. The third-order valence-corrected chi connectivity index (χ3v) is 2.98. The number of hydrogen-bond acceptors (Lipinski definition) is 3. The van der Waals surface area contributed by atoms with Gasteiger partial charge < -0.3 is 17.5 Å². The molecule has 112 valence electrons. The minimum Gasteiger partial charge on any atom is -0.445 e. The lowest BCUT2D eigenvalue weighted by molar-refractivity contribution is -0.148. The van der Waals surface area contributed by atoms with Gasteiger partial charge in [0.2, 0.25) is 5.82 Å². The van der Waals surface area contributed by atoms with E-state index in [4.69, 9.17) is 0 Å². The van der Waals surface area contributed by atoms with Gasteiger partial charge >= 0.3 is 13.2 Å². The van der Waals surface area contributed by atoms with E-state index in [-0.39, 0.29) is 25.5 Å². The molecule has 0 fully saturated rings. The summed E-state index contributed by atoms with van der Waals surface area (Å²) >= 11 is 0. The molecule has 0 bridgehead atoms. The molecule has 20 heavy (non-hydrogen) atoms. The van der Waals surface area contributed by atoms with Crippen LogP contribution in [0.4, 0.5) is 26.1 Å². The van der Waals surface area contributed by atoms with Gasteiger partial charge in [0.15, 0.2) is 0 Å². The summed E-state index contributed by atoms with van der Waals surface area (Å²) in [4.78, 5) is 1.35. The number of halogens is 6. The standard InChI is InChI=1S/C9H10BF6N4/c1-6(10(14,15)16)4-19-2-3-20-7(5-19)17-18-8(20)9(11,12)13/h1-5H2/q-1. The topological polar surface area (TPSA) is 34.0 Å². The fourth-order valence-electron chi connectivity index (χ4n) is 1.94. The highest BCUT2D eigenvalue weighted by atomic mass is 19.4. The van der Waals surface area contributed by atoms with E-state index in [1.165, 1.54) is 4.90 Å². The van der Waals surface area contributed by atoms with E-state index >= 15 is 0 Å². The number of aromatic nitrogens is 3. The maximum absolute atomic E-state index is 12.6. The van der Waals surface area contributed by atoms with E-state index in [0.29, 0.717) is 0 Å². The zero-order valence-corrected chi connectivity index (χ0v) is 10.2. The van der Waals surface area contributed by atoms with Crippen LogP contribution in [0.5, 0.6) is 0 Å². The molecule has 1 aromatic rings. The van der Waals surface area contributed by atoms with E-state index in [1.54, 1.807) is 0 Å². The van der Waals surface area contributed by atoms with Gasteiger partial charge in [0.1, 0.15) is 5.82 Å². The Hall–Kier alpha value is -1.52. The largest absolute Gasteiger partial charge is 0.506 e. The van der Waals surface area contributed by atoms with E-state index in [0.717, 1.165) is 4.57 Å². The zero-order valence-electron chi connectivity index (χ0n) is 10.2. The van der Waals surface area contributed by atoms with Gasteiger partial charge in [0, 0.05) is 13.1 Å². The molecule has 1 aromatic heterocycles. The Morgan fingerprint density at radius 2 is 1.85 bits per heavy atom. The summed E-state index contributed by atoms with van der Waals surface area (Å²) < 4.78 is 75.9. The highest BCUT2D eigenvalue weighted by molar-refractivity contribution is 6.66. The van der Waals surface area contributed by atoms with Gasteiger partial charge in [0.05, 0.1) is 6.54 Å². The van der Waals surface area contributed by atoms with Crippen LogP contribution in [0.15, 0.2) is 12.1 Å². The molecule has 2 rings (SSSR count). The van der Waals surface area contributed by atoms with Crippen LogP contribution in [-0.2, 0) is 19.3 Å². The van der Waals surface area contributed by atoms with Crippen LogP contribution in [0.2, 0.25) is 0 Å². The average molecular weight is 299 g/mol. The van der Waals surface area contributed by atoms with Gasteiger partial charge in [-0.1, -0.05) is 0 Å². The quantitative estimate of drug-likeness (QED) is 0.633. The summed E-state index contributed by atoms with van der Waals surface area (Å²) in [6, 6.07) is 0. The normalized spacial score (nSPS) is 17.1. The van der Waals surface area contributed by atoms with Crippen LogP contribution >= 0.6 is 0 Å². The van der Waals surface area contributed by atoms with Crippen molar-refractivity contribution < 1.29 is 26.1 Å². The van der Waals surface area contributed by atoms with E-state index < -0.39 is 31.0 Å². The Bertz CT molecular complexity index is 519. The molecule has 1 aliphatic rings. The second-order valence-electron chi connectivity index (χ2n) is 4.53. The smallest absolute Gasteiger partial charge is 0.445 e. The highest BCUT2D eigenvalue weighted by Crippen LogP contribution is 2.29. The number of nitrogens with zero attached hydrogens (tertiary/aromatic N) is 4. The van der Waals surface area contributed by atoms with Crippen molar-refractivity contribution in [1.29, 1.82) is 0 Å². The summed E-state index contributed by atoms with van der Waals surface area (Å²) in [6.45, 7) is -2.78.